The van der Waals surface area contributed by atoms with Gasteiger partial charge in [0.2, 0.25) is 5.91 Å². The average Bonchev–Trinajstić information content (AvgIpc) is 3.13. The quantitative estimate of drug-likeness (QED) is 0.679. The predicted octanol–water partition coefficient (Wildman–Crippen LogP) is 4.93. The molecule has 6 heteroatoms. The minimum atomic E-state index is -0.747. The Hall–Kier alpha value is -3.05. The van der Waals surface area contributed by atoms with Crippen molar-refractivity contribution in [3.05, 3.63) is 82.1 Å². The number of rotatable bonds is 4. The van der Waals surface area contributed by atoms with Crippen LogP contribution < -0.4 is 15.2 Å². The van der Waals surface area contributed by atoms with Gasteiger partial charge in [-0.2, -0.15) is 0 Å². The van der Waals surface area contributed by atoms with Crippen molar-refractivity contribution in [2.45, 2.75) is 12.5 Å². The molecule has 1 heterocycles. The van der Waals surface area contributed by atoms with Crippen LogP contribution in [0.25, 0.3) is 11.1 Å². The molecule has 0 spiro atoms. The van der Waals surface area contributed by atoms with Crippen LogP contribution >= 0.6 is 11.6 Å². The smallest absolute Gasteiger partial charge is 0.249 e. The van der Waals surface area contributed by atoms with Crippen LogP contribution in [0.5, 0.6) is 11.5 Å². The molecule has 1 unspecified atom stereocenters. The second-order valence-electron chi connectivity index (χ2n) is 6.49. The Morgan fingerprint density at radius 1 is 1.14 bits per heavy atom. The summed E-state index contributed by atoms with van der Waals surface area (Å²) >= 11 is 6.47. The van der Waals surface area contributed by atoms with Gasteiger partial charge in [0.05, 0.1) is 12.7 Å². The third-order valence-electron chi connectivity index (χ3n) is 4.89. The largest absolute Gasteiger partial charge is 0.494 e. The Kier molecular flexibility index (Phi) is 4.69. The van der Waals surface area contributed by atoms with E-state index in [0.29, 0.717) is 22.8 Å². The molecule has 4 nitrogen and oxygen atoms in total. The summed E-state index contributed by atoms with van der Waals surface area (Å²) in [5.74, 6) is -0.820. The number of methoxy groups -OCH3 is 1. The van der Waals surface area contributed by atoms with E-state index in [4.69, 9.17) is 26.8 Å². The predicted molar refractivity (Wildman–Crippen MR) is 105 cm³/mol. The summed E-state index contributed by atoms with van der Waals surface area (Å²) in [4.78, 5) is 12.0. The van der Waals surface area contributed by atoms with E-state index < -0.39 is 11.7 Å². The van der Waals surface area contributed by atoms with Gasteiger partial charge in [0, 0.05) is 28.1 Å². The number of hydrogen-bond donors (Lipinski definition) is 1. The zero-order chi connectivity index (χ0) is 19.8. The Morgan fingerprint density at radius 2 is 1.89 bits per heavy atom. The zero-order valence-electron chi connectivity index (χ0n) is 15.0. The molecule has 1 aliphatic rings. The maximum atomic E-state index is 15.2. The molecular formula is C22H17ClFNO3. The molecule has 3 aromatic carbocycles. The lowest BCUT2D eigenvalue weighted by Crippen LogP contribution is -2.14. The summed E-state index contributed by atoms with van der Waals surface area (Å²) < 4.78 is 26.4. The normalized spacial score (nSPS) is 15.0. The van der Waals surface area contributed by atoms with Crippen molar-refractivity contribution >= 4 is 17.5 Å². The highest BCUT2D eigenvalue weighted by atomic mass is 35.5. The Bertz CT molecular complexity index is 1070. The maximum absolute atomic E-state index is 15.2. The number of halogens is 2. The van der Waals surface area contributed by atoms with Crippen LogP contribution in [0.4, 0.5) is 4.39 Å². The molecule has 4 rings (SSSR count). The van der Waals surface area contributed by atoms with E-state index in [1.165, 1.54) is 19.2 Å². The average molecular weight is 398 g/mol. The molecule has 0 bridgehead atoms. The van der Waals surface area contributed by atoms with E-state index in [2.05, 4.69) is 0 Å². The van der Waals surface area contributed by atoms with Gasteiger partial charge in [-0.15, -0.1) is 0 Å². The molecule has 0 aromatic heterocycles. The monoisotopic (exact) mass is 397 g/mol. The molecule has 1 aliphatic heterocycles. The van der Waals surface area contributed by atoms with Crippen LogP contribution in [0.3, 0.4) is 0 Å². The van der Waals surface area contributed by atoms with Crippen molar-refractivity contribution in [1.82, 2.24) is 0 Å². The van der Waals surface area contributed by atoms with Crippen molar-refractivity contribution in [2.75, 3.05) is 7.11 Å². The maximum Gasteiger partial charge on any atom is 0.249 e. The molecule has 142 valence electrons. The molecule has 0 saturated carbocycles. The van der Waals surface area contributed by atoms with Crippen molar-refractivity contribution in [3.63, 3.8) is 0 Å². The fourth-order valence-electron chi connectivity index (χ4n) is 3.58. The van der Waals surface area contributed by atoms with Crippen molar-refractivity contribution < 1.29 is 18.7 Å². The zero-order valence-corrected chi connectivity index (χ0v) is 15.8. The highest BCUT2D eigenvalue weighted by molar-refractivity contribution is 6.34. The molecule has 1 atom stereocenters. The number of nitrogens with two attached hydrogens (primary N) is 1. The van der Waals surface area contributed by atoms with Gasteiger partial charge in [-0.05, 0) is 29.8 Å². The van der Waals surface area contributed by atoms with Gasteiger partial charge < -0.3 is 15.2 Å². The number of hydrogen-bond acceptors (Lipinski definition) is 3. The van der Waals surface area contributed by atoms with Gasteiger partial charge in [-0.1, -0.05) is 41.9 Å². The van der Waals surface area contributed by atoms with Crippen LogP contribution in [-0.2, 0) is 6.42 Å². The molecule has 0 aliphatic carbocycles. The summed E-state index contributed by atoms with van der Waals surface area (Å²) in [5, 5.41) is 0.311. The van der Waals surface area contributed by atoms with Gasteiger partial charge >= 0.3 is 0 Å². The van der Waals surface area contributed by atoms with E-state index >= 15 is 4.39 Å². The lowest BCUT2D eigenvalue weighted by Gasteiger charge is -2.15. The highest BCUT2D eigenvalue weighted by Gasteiger charge is 2.31. The molecule has 1 amide bonds. The van der Waals surface area contributed by atoms with Gasteiger partial charge in [-0.3, -0.25) is 4.79 Å². The Morgan fingerprint density at radius 3 is 2.57 bits per heavy atom. The second kappa shape index (κ2) is 7.17. The topological polar surface area (TPSA) is 61.5 Å². The summed E-state index contributed by atoms with van der Waals surface area (Å²) in [6.45, 7) is 0. The fraction of sp³-hybridized carbons (Fsp3) is 0.136. The number of amides is 1. The number of carbonyl (C=O) groups is 1. The summed E-state index contributed by atoms with van der Waals surface area (Å²) in [6.07, 6.45) is 0.267. The first-order valence-electron chi connectivity index (χ1n) is 8.71. The first-order chi connectivity index (χ1) is 13.5. The minimum Gasteiger partial charge on any atom is -0.494 e. The second-order valence-corrected chi connectivity index (χ2v) is 6.90. The third-order valence-corrected chi connectivity index (χ3v) is 5.21. The molecule has 0 saturated heterocycles. The van der Waals surface area contributed by atoms with Crippen molar-refractivity contribution in [1.29, 1.82) is 0 Å². The van der Waals surface area contributed by atoms with Crippen LogP contribution in [-0.4, -0.2) is 13.0 Å². The summed E-state index contributed by atoms with van der Waals surface area (Å²) in [5.41, 5.74) is 7.72. The minimum absolute atomic E-state index is 0.00666. The molecule has 3 aromatic rings. The standard InChI is InChI=1S/C22H17ClFNO3/c1-27-17-9-7-13(22(25)26)20(21(17)24)19-14-11-18(12-5-3-2-4-6-12)28-16(14)10-8-15(19)23/h2-10,18H,11H2,1H3,(H2,25,26). The lowest BCUT2D eigenvalue weighted by molar-refractivity contribution is 0.100. The van der Waals surface area contributed by atoms with Crippen LogP contribution in [0.15, 0.2) is 54.6 Å². The number of ether oxygens (including phenoxy) is 2. The van der Waals surface area contributed by atoms with Gasteiger partial charge in [0.25, 0.3) is 0 Å². The molecule has 0 radical (unpaired) electrons. The van der Waals surface area contributed by atoms with E-state index in [9.17, 15) is 4.79 Å². The SMILES string of the molecule is COc1ccc(C(N)=O)c(-c2c(Cl)ccc3c2CC(c2ccccc2)O3)c1F. The molecule has 28 heavy (non-hydrogen) atoms. The van der Waals surface area contributed by atoms with Gasteiger partial charge in [0.1, 0.15) is 11.9 Å². The molecule has 0 fully saturated rings. The van der Waals surface area contributed by atoms with E-state index in [-0.39, 0.29) is 23.0 Å². The van der Waals surface area contributed by atoms with E-state index in [0.717, 1.165) is 11.1 Å². The lowest BCUT2D eigenvalue weighted by atomic mass is 9.91. The fourth-order valence-corrected chi connectivity index (χ4v) is 3.85. The number of fused-ring (bicyclic) bond motifs is 1. The number of benzene rings is 3. The first kappa shape index (κ1) is 18.3. The van der Waals surface area contributed by atoms with Crippen molar-refractivity contribution in [3.8, 4) is 22.6 Å². The van der Waals surface area contributed by atoms with E-state index in [1.54, 1.807) is 12.1 Å². The number of primary amides is 1. The molecule has 2 N–H and O–H groups in total. The van der Waals surface area contributed by atoms with E-state index in [1.807, 2.05) is 30.3 Å². The number of carbonyl (C=O) groups excluding carboxylic acids is 1. The van der Waals surface area contributed by atoms with Crippen LogP contribution in [0.1, 0.15) is 27.6 Å². The Balaban J connectivity index is 1.91. The summed E-state index contributed by atoms with van der Waals surface area (Å²) in [7, 11) is 1.36. The third kappa shape index (κ3) is 2.98. The van der Waals surface area contributed by atoms with Crippen LogP contribution in [0, 0.1) is 5.82 Å². The first-order valence-corrected chi connectivity index (χ1v) is 9.08. The summed E-state index contributed by atoms with van der Waals surface area (Å²) in [6, 6.07) is 15.9. The van der Waals surface area contributed by atoms with Gasteiger partial charge in [-0.25, -0.2) is 4.39 Å². The Labute approximate surface area is 166 Å². The van der Waals surface area contributed by atoms with Gasteiger partial charge in [0.15, 0.2) is 11.6 Å². The van der Waals surface area contributed by atoms with Crippen molar-refractivity contribution in [2.24, 2.45) is 5.73 Å². The molecular weight excluding hydrogens is 381 g/mol. The highest BCUT2D eigenvalue weighted by Crippen LogP contribution is 2.47. The van der Waals surface area contributed by atoms with Crippen LogP contribution in [0.2, 0.25) is 5.02 Å².